The quantitative estimate of drug-likeness (QED) is 0.312. The summed E-state index contributed by atoms with van der Waals surface area (Å²) >= 11 is 0. The van der Waals surface area contributed by atoms with Crippen LogP contribution in [0.2, 0.25) is 0 Å². The summed E-state index contributed by atoms with van der Waals surface area (Å²) in [5.74, 6) is 0.971. The molecular weight excluding hydrogens is 386 g/mol. The van der Waals surface area contributed by atoms with Crippen molar-refractivity contribution in [1.29, 1.82) is 5.41 Å². The van der Waals surface area contributed by atoms with Crippen molar-refractivity contribution in [2.45, 2.75) is 75.3 Å². The van der Waals surface area contributed by atoms with E-state index in [1.165, 1.54) is 14.0 Å². The van der Waals surface area contributed by atoms with Crippen molar-refractivity contribution >= 4 is 11.6 Å². The maximum atomic E-state index is 12.0. The van der Waals surface area contributed by atoms with Gasteiger partial charge in [-0.2, -0.15) is 0 Å². The van der Waals surface area contributed by atoms with E-state index in [2.05, 4.69) is 5.32 Å². The van der Waals surface area contributed by atoms with Gasteiger partial charge < -0.3 is 30.7 Å². The Morgan fingerprint density at radius 1 is 1.50 bits per heavy atom. The van der Waals surface area contributed by atoms with E-state index in [4.69, 9.17) is 25.7 Å². The first-order valence-corrected chi connectivity index (χ1v) is 10.4. The lowest BCUT2D eigenvalue weighted by Crippen LogP contribution is -2.61. The van der Waals surface area contributed by atoms with Crippen molar-refractivity contribution in [2.24, 2.45) is 5.73 Å². The van der Waals surface area contributed by atoms with E-state index in [-0.39, 0.29) is 24.5 Å². The standard InChI is InChI=1S/C22H33N3O5/c1-13(27)21(2,29-3)19-7-5-14-8-15(4-6-18(14)30-19)20(23)25-16-9-22(24,10-16)11-17(28)12-26/h4,6,8,16-17,19,26,28H,5,7,9-12,24H2,1-3H3,(H2,23,25)/t16-,17?,19-,21-,22-/m1/s1. The lowest BCUT2D eigenvalue weighted by atomic mass is 9.70. The molecule has 0 spiro atoms. The second-order valence-corrected chi connectivity index (χ2v) is 8.86. The number of nitrogens with one attached hydrogen (secondary N) is 2. The van der Waals surface area contributed by atoms with Crippen molar-refractivity contribution in [3.63, 3.8) is 0 Å². The number of ketones is 1. The molecule has 0 aromatic heterocycles. The van der Waals surface area contributed by atoms with Gasteiger partial charge in [-0.3, -0.25) is 10.2 Å². The number of aliphatic hydroxyl groups excluding tert-OH is 2. The minimum absolute atomic E-state index is 0.0657. The van der Waals surface area contributed by atoms with E-state index < -0.39 is 17.2 Å². The summed E-state index contributed by atoms with van der Waals surface area (Å²) < 4.78 is 11.5. The number of Topliss-reactive ketones (excluding diaryl/α,β-unsaturated/α-hetero) is 1. The number of benzene rings is 1. The molecule has 0 amide bonds. The molecule has 2 aliphatic rings. The predicted molar refractivity (Wildman–Crippen MR) is 113 cm³/mol. The maximum absolute atomic E-state index is 12.0. The molecule has 1 saturated carbocycles. The van der Waals surface area contributed by atoms with Crippen LogP contribution in [0.1, 0.15) is 50.7 Å². The highest BCUT2D eigenvalue weighted by Gasteiger charge is 2.43. The third kappa shape index (κ3) is 4.51. The zero-order valence-electron chi connectivity index (χ0n) is 17.9. The number of methoxy groups -OCH3 is 1. The van der Waals surface area contributed by atoms with Crippen molar-refractivity contribution in [3.05, 3.63) is 29.3 Å². The molecule has 1 aliphatic heterocycles. The first kappa shape index (κ1) is 22.7. The molecule has 1 aromatic carbocycles. The van der Waals surface area contributed by atoms with E-state index in [1.54, 1.807) is 6.92 Å². The highest BCUT2D eigenvalue weighted by Crippen LogP contribution is 2.36. The van der Waals surface area contributed by atoms with Gasteiger partial charge in [0, 0.05) is 24.3 Å². The van der Waals surface area contributed by atoms with Crippen LogP contribution in [0, 0.1) is 5.41 Å². The molecule has 1 heterocycles. The van der Waals surface area contributed by atoms with Gasteiger partial charge in [-0.15, -0.1) is 0 Å². The summed E-state index contributed by atoms with van der Waals surface area (Å²) in [6, 6.07) is 5.69. The lowest BCUT2D eigenvalue weighted by Gasteiger charge is -2.46. The third-order valence-corrected chi connectivity index (χ3v) is 6.54. The van der Waals surface area contributed by atoms with Gasteiger partial charge in [0.15, 0.2) is 11.4 Å². The molecular formula is C22H33N3O5. The Hall–Kier alpha value is -2.00. The maximum Gasteiger partial charge on any atom is 0.165 e. The van der Waals surface area contributed by atoms with Gasteiger partial charge in [-0.1, -0.05) is 0 Å². The van der Waals surface area contributed by atoms with Gasteiger partial charge in [0.05, 0.1) is 12.7 Å². The number of hydrogen-bond acceptors (Lipinski definition) is 7. The molecule has 1 aromatic rings. The lowest BCUT2D eigenvalue weighted by molar-refractivity contribution is -0.149. The first-order valence-electron chi connectivity index (χ1n) is 10.4. The molecule has 0 radical (unpaired) electrons. The summed E-state index contributed by atoms with van der Waals surface area (Å²) in [5.41, 5.74) is 6.52. The van der Waals surface area contributed by atoms with Gasteiger partial charge in [0.2, 0.25) is 0 Å². The summed E-state index contributed by atoms with van der Waals surface area (Å²) in [7, 11) is 1.53. The number of aliphatic hydroxyl groups is 2. The molecule has 30 heavy (non-hydrogen) atoms. The molecule has 1 aliphatic carbocycles. The molecule has 3 atom stereocenters. The van der Waals surface area contributed by atoms with Crippen LogP contribution in [0.4, 0.5) is 0 Å². The monoisotopic (exact) mass is 419 g/mol. The number of aryl methyl sites for hydroxylation is 1. The fourth-order valence-corrected chi connectivity index (χ4v) is 4.45. The normalized spacial score (nSPS) is 28.3. The van der Waals surface area contributed by atoms with Crippen LogP contribution in [0.15, 0.2) is 18.2 Å². The van der Waals surface area contributed by atoms with E-state index in [0.29, 0.717) is 31.5 Å². The summed E-state index contributed by atoms with van der Waals surface area (Å²) in [5, 5.41) is 30.2. The van der Waals surface area contributed by atoms with Crippen LogP contribution in [0.5, 0.6) is 5.75 Å². The average Bonchev–Trinajstić information content (AvgIpc) is 2.70. The predicted octanol–water partition coefficient (Wildman–Crippen LogP) is 0.892. The second-order valence-electron chi connectivity index (χ2n) is 8.86. The number of ether oxygens (including phenoxy) is 2. The van der Waals surface area contributed by atoms with E-state index in [9.17, 15) is 9.90 Å². The molecule has 1 unspecified atom stereocenters. The number of fused-ring (bicyclic) bond motifs is 1. The number of nitrogens with two attached hydrogens (primary N) is 1. The van der Waals surface area contributed by atoms with Gasteiger partial charge in [-0.25, -0.2) is 0 Å². The van der Waals surface area contributed by atoms with E-state index >= 15 is 0 Å². The van der Waals surface area contributed by atoms with Crippen molar-refractivity contribution in [2.75, 3.05) is 13.7 Å². The number of carbonyl (C=O) groups excluding carboxylic acids is 1. The second kappa shape index (κ2) is 8.63. The summed E-state index contributed by atoms with van der Waals surface area (Å²) in [6.07, 6.45) is 1.88. The Kier molecular flexibility index (Phi) is 6.52. The Labute approximate surface area is 177 Å². The number of amidine groups is 1. The Balaban J connectivity index is 1.60. The van der Waals surface area contributed by atoms with Crippen LogP contribution < -0.4 is 15.8 Å². The van der Waals surface area contributed by atoms with Gasteiger partial charge in [-0.05, 0) is 69.7 Å². The van der Waals surface area contributed by atoms with Gasteiger partial charge in [0.1, 0.15) is 17.7 Å². The Morgan fingerprint density at radius 2 is 2.20 bits per heavy atom. The first-order chi connectivity index (χ1) is 14.1. The molecule has 0 saturated heterocycles. The van der Waals surface area contributed by atoms with Crippen molar-refractivity contribution < 1.29 is 24.5 Å². The molecule has 0 bridgehead atoms. The Bertz CT molecular complexity index is 808. The minimum Gasteiger partial charge on any atom is -0.487 e. The van der Waals surface area contributed by atoms with E-state index in [1.807, 2.05) is 18.2 Å². The number of hydrogen-bond donors (Lipinski definition) is 5. The van der Waals surface area contributed by atoms with Crippen LogP contribution >= 0.6 is 0 Å². The molecule has 166 valence electrons. The summed E-state index contributed by atoms with van der Waals surface area (Å²) in [4.78, 5) is 12.0. The molecule has 8 nitrogen and oxygen atoms in total. The minimum atomic E-state index is -0.979. The zero-order chi connectivity index (χ0) is 22.1. The highest BCUT2D eigenvalue weighted by molar-refractivity contribution is 5.97. The van der Waals surface area contributed by atoms with Gasteiger partial charge in [0.25, 0.3) is 0 Å². The van der Waals surface area contributed by atoms with Crippen LogP contribution in [-0.4, -0.2) is 64.9 Å². The van der Waals surface area contributed by atoms with Crippen molar-refractivity contribution in [3.8, 4) is 5.75 Å². The fraction of sp³-hybridized carbons (Fsp3) is 0.636. The topological polar surface area (TPSA) is 138 Å². The van der Waals surface area contributed by atoms with Crippen LogP contribution in [0.25, 0.3) is 0 Å². The molecule has 3 rings (SSSR count). The van der Waals surface area contributed by atoms with Gasteiger partial charge >= 0.3 is 0 Å². The molecule has 1 fully saturated rings. The smallest absolute Gasteiger partial charge is 0.165 e. The SMILES string of the molecule is CO[C@](C)(C(C)=O)[C@H]1CCc2cc(C(=N)N[C@H]3C[C@@](N)(CC(O)CO)C3)ccc2O1. The summed E-state index contributed by atoms with van der Waals surface area (Å²) in [6.45, 7) is 2.98. The van der Waals surface area contributed by atoms with E-state index in [0.717, 1.165) is 23.3 Å². The Morgan fingerprint density at radius 3 is 2.80 bits per heavy atom. The van der Waals surface area contributed by atoms with Crippen LogP contribution in [0.3, 0.4) is 0 Å². The number of carbonyl (C=O) groups is 1. The third-order valence-electron chi connectivity index (χ3n) is 6.54. The molecule has 6 N–H and O–H groups in total. The zero-order valence-corrected chi connectivity index (χ0v) is 17.9. The average molecular weight is 420 g/mol. The number of rotatable bonds is 8. The highest BCUT2D eigenvalue weighted by atomic mass is 16.5. The van der Waals surface area contributed by atoms with Crippen LogP contribution in [-0.2, 0) is 16.0 Å². The van der Waals surface area contributed by atoms with Crippen molar-refractivity contribution in [1.82, 2.24) is 5.32 Å². The largest absolute Gasteiger partial charge is 0.487 e. The fourth-order valence-electron chi connectivity index (χ4n) is 4.45. The molecule has 8 heteroatoms.